The quantitative estimate of drug-likeness (QED) is 0.474. The Morgan fingerprint density at radius 2 is 2.09 bits per heavy atom. The summed E-state index contributed by atoms with van der Waals surface area (Å²) < 4.78 is 20.3. The SMILES string of the molecule is CCN(C(=O)O)c1ccc(OCC2COC(Cn3ccnc3)(c3ccc(Cl)cc3Cl)O2)cc1. The summed E-state index contributed by atoms with van der Waals surface area (Å²) in [5, 5.41) is 10.2. The summed E-state index contributed by atoms with van der Waals surface area (Å²) in [7, 11) is 0. The standard InChI is InChI=1S/C23H23Cl2N3O5/c1-2-28(22(29)30)17-4-6-18(7-5-17)31-12-19-13-32-23(33-19,14-27-10-9-26-15-27)20-8-3-16(24)11-21(20)25/h3-11,15,19H,2,12-14H2,1H3,(H,29,30). The lowest BCUT2D eigenvalue weighted by atomic mass is 10.1. The molecule has 1 aromatic heterocycles. The summed E-state index contributed by atoms with van der Waals surface area (Å²) in [5.74, 6) is -0.524. The van der Waals surface area contributed by atoms with Crippen molar-refractivity contribution in [3.8, 4) is 5.75 Å². The summed E-state index contributed by atoms with van der Waals surface area (Å²) >= 11 is 12.6. The molecule has 1 fully saturated rings. The highest BCUT2D eigenvalue weighted by atomic mass is 35.5. The van der Waals surface area contributed by atoms with Crippen molar-refractivity contribution in [2.75, 3.05) is 24.7 Å². The van der Waals surface area contributed by atoms with E-state index in [4.69, 9.17) is 37.4 Å². The normalized spacial score (nSPS) is 20.0. The lowest BCUT2D eigenvalue weighted by Crippen LogP contribution is -2.34. The van der Waals surface area contributed by atoms with Crippen molar-refractivity contribution in [1.82, 2.24) is 9.55 Å². The Kier molecular flexibility index (Phi) is 7.09. The molecule has 33 heavy (non-hydrogen) atoms. The van der Waals surface area contributed by atoms with E-state index in [-0.39, 0.29) is 12.7 Å². The van der Waals surface area contributed by atoms with E-state index in [2.05, 4.69) is 4.98 Å². The Bertz CT molecular complexity index is 1090. The molecule has 2 atom stereocenters. The van der Waals surface area contributed by atoms with Crippen LogP contribution in [0.3, 0.4) is 0 Å². The Morgan fingerprint density at radius 1 is 1.30 bits per heavy atom. The Hall–Kier alpha value is -2.78. The highest BCUT2D eigenvalue weighted by molar-refractivity contribution is 6.35. The number of amides is 1. The minimum absolute atomic E-state index is 0.243. The first-order chi connectivity index (χ1) is 15.9. The molecule has 1 aliphatic rings. The van der Waals surface area contributed by atoms with E-state index in [9.17, 15) is 9.90 Å². The molecule has 1 amide bonds. The molecule has 2 unspecified atom stereocenters. The largest absolute Gasteiger partial charge is 0.491 e. The number of hydrogen-bond acceptors (Lipinski definition) is 5. The van der Waals surface area contributed by atoms with Crippen molar-refractivity contribution in [2.24, 2.45) is 0 Å². The summed E-state index contributed by atoms with van der Waals surface area (Å²) in [4.78, 5) is 16.6. The van der Waals surface area contributed by atoms with Gasteiger partial charge in [-0.1, -0.05) is 29.3 Å². The van der Waals surface area contributed by atoms with Gasteiger partial charge in [0.25, 0.3) is 0 Å². The third kappa shape index (κ3) is 5.25. The van der Waals surface area contributed by atoms with Gasteiger partial charge in [-0.05, 0) is 43.3 Å². The first-order valence-electron chi connectivity index (χ1n) is 10.4. The predicted molar refractivity (Wildman–Crippen MR) is 124 cm³/mol. The molecule has 1 aliphatic heterocycles. The summed E-state index contributed by atoms with van der Waals surface area (Å²) in [6, 6.07) is 12.1. The van der Waals surface area contributed by atoms with Gasteiger partial charge < -0.3 is 23.9 Å². The summed E-state index contributed by atoms with van der Waals surface area (Å²) in [6.45, 7) is 3.02. The van der Waals surface area contributed by atoms with Crippen LogP contribution in [0.25, 0.3) is 0 Å². The van der Waals surface area contributed by atoms with E-state index in [1.54, 1.807) is 61.9 Å². The maximum atomic E-state index is 11.3. The van der Waals surface area contributed by atoms with Crippen LogP contribution >= 0.6 is 23.2 Å². The fourth-order valence-corrected chi connectivity index (χ4v) is 4.27. The second-order valence-electron chi connectivity index (χ2n) is 7.49. The second kappa shape index (κ2) is 10.0. The summed E-state index contributed by atoms with van der Waals surface area (Å²) in [5.41, 5.74) is 1.25. The van der Waals surface area contributed by atoms with Crippen LogP contribution < -0.4 is 9.64 Å². The zero-order chi connectivity index (χ0) is 23.4. The maximum Gasteiger partial charge on any atom is 0.411 e. The monoisotopic (exact) mass is 491 g/mol. The predicted octanol–water partition coefficient (Wildman–Crippen LogP) is 5.04. The van der Waals surface area contributed by atoms with Crippen molar-refractivity contribution < 1.29 is 24.1 Å². The van der Waals surface area contributed by atoms with Crippen LogP contribution in [0.2, 0.25) is 10.0 Å². The molecule has 3 aromatic rings. The topological polar surface area (TPSA) is 86.1 Å². The average Bonchev–Trinajstić information content (AvgIpc) is 3.44. The van der Waals surface area contributed by atoms with E-state index in [0.29, 0.717) is 46.7 Å². The zero-order valence-corrected chi connectivity index (χ0v) is 19.4. The van der Waals surface area contributed by atoms with Gasteiger partial charge in [0.1, 0.15) is 18.5 Å². The Balaban J connectivity index is 1.46. The smallest absolute Gasteiger partial charge is 0.411 e. The zero-order valence-electron chi connectivity index (χ0n) is 17.9. The van der Waals surface area contributed by atoms with Gasteiger partial charge in [0.05, 0.1) is 24.5 Å². The number of halogens is 2. The molecule has 0 radical (unpaired) electrons. The van der Waals surface area contributed by atoms with Crippen LogP contribution in [-0.2, 0) is 21.8 Å². The highest BCUT2D eigenvalue weighted by Crippen LogP contribution is 2.40. The molecule has 8 nitrogen and oxygen atoms in total. The van der Waals surface area contributed by atoms with Crippen molar-refractivity contribution in [2.45, 2.75) is 25.4 Å². The van der Waals surface area contributed by atoms with Crippen LogP contribution in [0.1, 0.15) is 12.5 Å². The third-order valence-electron chi connectivity index (χ3n) is 5.28. The molecular weight excluding hydrogens is 469 g/mol. The number of carbonyl (C=O) groups is 1. The van der Waals surface area contributed by atoms with E-state index >= 15 is 0 Å². The molecule has 4 rings (SSSR count). The lowest BCUT2D eigenvalue weighted by Gasteiger charge is -2.30. The Labute approximate surface area is 201 Å². The molecule has 10 heteroatoms. The molecule has 2 heterocycles. The first-order valence-corrected chi connectivity index (χ1v) is 11.1. The van der Waals surface area contributed by atoms with E-state index < -0.39 is 11.9 Å². The second-order valence-corrected chi connectivity index (χ2v) is 8.34. The molecule has 0 spiro atoms. The van der Waals surface area contributed by atoms with E-state index in [0.717, 1.165) is 0 Å². The molecule has 174 valence electrons. The Morgan fingerprint density at radius 3 is 2.73 bits per heavy atom. The van der Waals surface area contributed by atoms with Gasteiger partial charge in [0, 0.05) is 35.2 Å². The minimum atomic E-state index is -1.12. The number of anilines is 1. The number of nitrogens with zero attached hydrogens (tertiary/aromatic N) is 3. The van der Waals surface area contributed by atoms with Gasteiger partial charge in [-0.25, -0.2) is 9.78 Å². The molecule has 1 saturated heterocycles. The van der Waals surface area contributed by atoms with Crippen LogP contribution in [0.5, 0.6) is 5.75 Å². The molecule has 0 saturated carbocycles. The minimum Gasteiger partial charge on any atom is -0.491 e. The van der Waals surface area contributed by atoms with Gasteiger partial charge in [-0.2, -0.15) is 0 Å². The first kappa shape index (κ1) is 23.4. The van der Waals surface area contributed by atoms with Crippen molar-refractivity contribution in [3.05, 3.63) is 76.8 Å². The molecule has 0 aliphatic carbocycles. The van der Waals surface area contributed by atoms with Crippen molar-refractivity contribution in [3.63, 3.8) is 0 Å². The number of carboxylic acid groups (broad SMARTS) is 1. The molecular formula is C23H23Cl2N3O5. The van der Waals surface area contributed by atoms with Gasteiger partial charge in [0.2, 0.25) is 5.79 Å². The summed E-state index contributed by atoms with van der Waals surface area (Å²) in [6.07, 6.45) is 3.82. The van der Waals surface area contributed by atoms with Crippen molar-refractivity contribution >= 4 is 35.0 Å². The van der Waals surface area contributed by atoms with Gasteiger partial charge in [-0.3, -0.25) is 4.90 Å². The number of hydrogen-bond donors (Lipinski definition) is 1. The van der Waals surface area contributed by atoms with Crippen molar-refractivity contribution in [1.29, 1.82) is 0 Å². The molecule has 1 N–H and O–H groups in total. The number of rotatable bonds is 8. The van der Waals surface area contributed by atoms with Gasteiger partial charge in [0.15, 0.2) is 0 Å². The molecule has 0 bridgehead atoms. The average molecular weight is 492 g/mol. The number of benzene rings is 2. The van der Waals surface area contributed by atoms with Crippen LogP contribution in [0.15, 0.2) is 61.2 Å². The van der Waals surface area contributed by atoms with Gasteiger partial charge >= 0.3 is 6.09 Å². The fourth-order valence-electron chi connectivity index (χ4n) is 3.72. The van der Waals surface area contributed by atoms with Crippen LogP contribution in [0.4, 0.5) is 10.5 Å². The number of aromatic nitrogens is 2. The van der Waals surface area contributed by atoms with Crippen LogP contribution in [-0.4, -0.2) is 46.6 Å². The number of ether oxygens (including phenoxy) is 3. The van der Waals surface area contributed by atoms with E-state index in [1.165, 1.54) is 4.90 Å². The number of imidazole rings is 1. The maximum absolute atomic E-state index is 11.3. The highest BCUT2D eigenvalue weighted by Gasteiger charge is 2.45. The molecule has 2 aromatic carbocycles. The third-order valence-corrected chi connectivity index (χ3v) is 5.83. The van der Waals surface area contributed by atoms with Crippen LogP contribution in [0, 0.1) is 0 Å². The van der Waals surface area contributed by atoms with Gasteiger partial charge in [-0.15, -0.1) is 0 Å². The van der Waals surface area contributed by atoms with E-state index in [1.807, 2.05) is 10.8 Å². The lowest BCUT2D eigenvalue weighted by molar-refractivity contribution is -0.189. The fraction of sp³-hybridized carbons (Fsp3) is 0.304.